The highest BCUT2D eigenvalue weighted by Gasteiger charge is 2.30. The highest BCUT2D eigenvalue weighted by molar-refractivity contribution is 5.94. The van der Waals surface area contributed by atoms with E-state index in [9.17, 15) is 0 Å². The smallest absolute Gasteiger partial charge is 0.0445 e. The first-order valence-corrected chi connectivity index (χ1v) is 7.65. The van der Waals surface area contributed by atoms with E-state index in [2.05, 4.69) is 66.5 Å². The van der Waals surface area contributed by atoms with Crippen molar-refractivity contribution in [1.82, 2.24) is 5.32 Å². The van der Waals surface area contributed by atoms with E-state index < -0.39 is 0 Å². The minimum atomic E-state index is 0.396. The van der Waals surface area contributed by atoms with Crippen molar-refractivity contribution in [2.45, 2.75) is 20.3 Å². The van der Waals surface area contributed by atoms with Crippen molar-refractivity contribution in [3.05, 3.63) is 42.5 Å². The molecule has 2 aromatic rings. The molecule has 106 valence electrons. The SMILES string of the molecule is CCN(CC1(C)CCNC1)c1cccc2ccccc12. The molecule has 1 fully saturated rings. The van der Waals surface area contributed by atoms with Crippen LogP contribution in [0.15, 0.2) is 42.5 Å². The zero-order valence-corrected chi connectivity index (χ0v) is 12.5. The van der Waals surface area contributed by atoms with Crippen molar-refractivity contribution in [3.63, 3.8) is 0 Å². The van der Waals surface area contributed by atoms with Gasteiger partial charge in [0.05, 0.1) is 0 Å². The fraction of sp³-hybridized carbons (Fsp3) is 0.444. The predicted molar refractivity (Wildman–Crippen MR) is 87.4 cm³/mol. The number of nitrogens with one attached hydrogen (secondary N) is 1. The summed E-state index contributed by atoms with van der Waals surface area (Å²) in [4.78, 5) is 2.54. The van der Waals surface area contributed by atoms with Crippen LogP contribution < -0.4 is 10.2 Å². The Balaban J connectivity index is 1.95. The molecule has 0 amide bonds. The third kappa shape index (κ3) is 2.53. The van der Waals surface area contributed by atoms with Crippen LogP contribution in [0.25, 0.3) is 10.8 Å². The fourth-order valence-electron chi connectivity index (χ4n) is 3.32. The van der Waals surface area contributed by atoms with E-state index in [0.717, 1.165) is 26.2 Å². The van der Waals surface area contributed by atoms with Gasteiger partial charge in [0.15, 0.2) is 0 Å². The maximum atomic E-state index is 3.50. The maximum absolute atomic E-state index is 3.50. The van der Waals surface area contributed by atoms with Crippen molar-refractivity contribution in [2.75, 3.05) is 31.1 Å². The molecule has 0 aliphatic carbocycles. The van der Waals surface area contributed by atoms with E-state index in [1.807, 2.05) is 0 Å². The maximum Gasteiger partial charge on any atom is 0.0445 e. The van der Waals surface area contributed by atoms with Crippen LogP contribution in [0.2, 0.25) is 0 Å². The summed E-state index contributed by atoms with van der Waals surface area (Å²) in [7, 11) is 0. The monoisotopic (exact) mass is 268 g/mol. The summed E-state index contributed by atoms with van der Waals surface area (Å²) in [5.74, 6) is 0. The van der Waals surface area contributed by atoms with Gasteiger partial charge in [0.1, 0.15) is 0 Å². The van der Waals surface area contributed by atoms with Gasteiger partial charge in [-0.15, -0.1) is 0 Å². The number of fused-ring (bicyclic) bond motifs is 1. The third-order valence-electron chi connectivity index (χ3n) is 4.52. The summed E-state index contributed by atoms with van der Waals surface area (Å²) in [6.07, 6.45) is 1.27. The minimum Gasteiger partial charge on any atom is -0.371 e. The Hall–Kier alpha value is -1.54. The average molecular weight is 268 g/mol. The number of rotatable bonds is 4. The fourth-order valence-corrected chi connectivity index (χ4v) is 3.32. The molecule has 1 N–H and O–H groups in total. The van der Waals surface area contributed by atoms with Crippen LogP contribution in [0, 0.1) is 5.41 Å². The van der Waals surface area contributed by atoms with Gasteiger partial charge >= 0.3 is 0 Å². The zero-order chi connectivity index (χ0) is 14.0. The van der Waals surface area contributed by atoms with Crippen LogP contribution in [-0.2, 0) is 0 Å². The Morgan fingerprint density at radius 3 is 2.70 bits per heavy atom. The first kappa shape index (κ1) is 13.4. The first-order chi connectivity index (χ1) is 9.72. The predicted octanol–water partition coefficient (Wildman–Crippen LogP) is 3.67. The standard InChI is InChI=1S/C18H24N2/c1-3-20(14-18(2)11-12-19-13-18)17-10-6-8-15-7-4-5-9-16(15)17/h4-10,19H,3,11-14H2,1-2H3. The molecule has 1 unspecified atom stereocenters. The molecule has 1 saturated heterocycles. The van der Waals surface area contributed by atoms with Crippen LogP contribution in [0.3, 0.4) is 0 Å². The molecule has 0 aromatic heterocycles. The summed E-state index contributed by atoms with van der Waals surface area (Å²) in [5, 5.41) is 6.20. The Bertz CT molecular complexity index is 579. The molecule has 20 heavy (non-hydrogen) atoms. The van der Waals surface area contributed by atoms with Crippen molar-refractivity contribution in [2.24, 2.45) is 5.41 Å². The van der Waals surface area contributed by atoms with Gasteiger partial charge in [-0.2, -0.15) is 0 Å². The highest BCUT2D eigenvalue weighted by atomic mass is 15.1. The number of hydrogen-bond donors (Lipinski definition) is 1. The van der Waals surface area contributed by atoms with Gasteiger partial charge < -0.3 is 10.2 Å². The molecule has 2 nitrogen and oxygen atoms in total. The second-order valence-electron chi connectivity index (χ2n) is 6.25. The molecule has 1 heterocycles. The third-order valence-corrected chi connectivity index (χ3v) is 4.52. The lowest BCUT2D eigenvalue weighted by molar-refractivity contribution is 0.367. The van der Waals surface area contributed by atoms with Crippen LogP contribution in [0.5, 0.6) is 0 Å². The summed E-state index contributed by atoms with van der Waals surface area (Å²) in [6.45, 7) is 9.14. The molecule has 0 bridgehead atoms. The summed E-state index contributed by atoms with van der Waals surface area (Å²) >= 11 is 0. The van der Waals surface area contributed by atoms with Crippen molar-refractivity contribution >= 4 is 16.5 Å². The van der Waals surface area contributed by atoms with E-state index in [4.69, 9.17) is 0 Å². The quantitative estimate of drug-likeness (QED) is 0.910. The van der Waals surface area contributed by atoms with E-state index in [1.54, 1.807) is 0 Å². The molecule has 0 saturated carbocycles. The number of hydrogen-bond acceptors (Lipinski definition) is 2. The topological polar surface area (TPSA) is 15.3 Å². The van der Waals surface area contributed by atoms with Gasteiger partial charge in [-0.05, 0) is 36.8 Å². The lowest BCUT2D eigenvalue weighted by Gasteiger charge is -2.33. The van der Waals surface area contributed by atoms with E-state index in [0.29, 0.717) is 5.41 Å². The molecule has 0 radical (unpaired) electrons. The normalized spacial score (nSPS) is 22.3. The molecule has 2 heteroatoms. The van der Waals surface area contributed by atoms with Gasteiger partial charge in [0.25, 0.3) is 0 Å². The molecular weight excluding hydrogens is 244 g/mol. The largest absolute Gasteiger partial charge is 0.371 e. The molecule has 1 aliphatic rings. The van der Waals surface area contributed by atoms with Crippen LogP contribution >= 0.6 is 0 Å². The first-order valence-electron chi connectivity index (χ1n) is 7.65. The lowest BCUT2D eigenvalue weighted by Crippen LogP contribution is -2.37. The van der Waals surface area contributed by atoms with E-state index in [-0.39, 0.29) is 0 Å². The second-order valence-corrected chi connectivity index (χ2v) is 6.25. The van der Waals surface area contributed by atoms with Gasteiger partial charge in [-0.1, -0.05) is 43.3 Å². The molecule has 2 aromatic carbocycles. The number of anilines is 1. The van der Waals surface area contributed by atoms with Crippen molar-refractivity contribution < 1.29 is 0 Å². The Morgan fingerprint density at radius 2 is 1.95 bits per heavy atom. The summed E-state index contributed by atoms with van der Waals surface area (Å²) in [5.41, 5.74) is 1.77. The van der Waals surface area contributed by atoms with Gasteiger partial charge in [-0.25, -0.2) is 0 Å². The molecule has 0 spiro atoms. The highest BCUT2D eigenvalue weighted by Crippen LogP contribution is 2.31. The van der Waals surface area contributed by atoms with E-state index in [1.165, 1.54) is 22.9 Å². The van der Waals surface area contributed by atoms with Gasteiger partial charge in [-0.3, -0.25) is 0 Å². The molecule has 3 rings (SSSR count). The Kier molecular flexibility index (Phi) is 3.66. The van der Waals surface area contributed by atoms with Crippen LogP contribution in [-0.4, -0.2) is 26.2 Å². The average Bonchev–Trinajstić information content (AvgIpc) is 2.91. The van der Waals surface area contributed by atoms with Gasteiger partial charge in [0, 0.05) is 30.7 Å². The number of nitrogens with zero attached hydrogens (tertiary/aromatic N) is 1. The Labute approximate surface area is 121 Å². The zero-order valence-electron chi connectivity index (χ0n) is 12.5. The van der Waals surface area contributed by atoms with Crippen molar-refractivity contribution in [1.29, 1.82) is 0 Å². The Morgan fingerprint density at radius 1 is 1.15 bits per heavy atom. The summed E-state index contributed by atoms with van der Waals surface area (Å²) < 4.78 is 0. The van der Waals surface area contributed by atoms with Gasteiger partial charge in [0.2, 0.25) is 0 Å². The van der Waals surface area contributed by atoms with Crippen molar-refractivity contribution in [3.8, 4) is 0 Å². The molecule has 1 atom stereocenters. The summed E-state index contributed by atoms with van der Waals surface area (Å²) in [6, 6.07) is 15.3. The van der Waals surface area contributed by atoms with E-state index >= 15 is 0 Å². The van der Waals surface area contributed by atoms with Crippen LogP contribution in [0.1, 0.15) is 20.3 Å². The van der Waals surface area contributed by atoms with Crippen LogP contribution in [0.4, 0.5) is 5.69 Å². The minimum absolute atomic E-state index is 0.396. The molecule has 1 aliphatic heterocycles. The lowest BCUT2D eigenvalue weighted by atomic mass is 9.89. The molecular formula is C18H24N2. The second kappa shape index (κ2) is 5.45. The number of benzene rings is 2.